The lowest BCUT2D eigenvalue weighted by atomic mass is 9.92. The molecule has 0 spiro atoms. The monoisotopic (exact) mass is 493 g/mol. The molecule has 1 aromatic carbocycles. The Bertz CT molecular complexity index is 1260. The summed E-state index contributed by atoms with van der Waals surface area (Å²) in [6.07, 6.45) is 2.01. The third-order valence-corrected chi connectivity index (χ3v) is 7.01. The van der Waals surface area contributed by atoms with Crippen molar-refractivity contribution in [2.75, 3.05) is 41.3 Å². The molecule has 2 aromatic heterocycles. The van der Waals surface area contributed by atoms with Gasteiger partial charge in [-0.05, 0) is 41.5 Å². The fourth-order valence-electron chi connectivity index (χ4n) is 5.05. The zero-order valence-corrected chi connectivity index (χ0v) is 20.6. The number of nitrogens with two attached hydrogens (primary N) is 1. The van der Waals surface area contributed by atoms with Crippen LogP contribution in [0.1, 0.15) is 38.2 Å². The quantitative estimate of drug-likeness (QED) is 0.459. The number of pyridine rings is 1. The summed E-state index contributed by atoms with van der Waals surface area (Å²) in [7, 11) is 0. The minimum absolute atomic E-state index is 0.0656. The summed E-state index contributed by atoms with van der Waals surface area (Å²) in [5.41, 5.74) is 7.68. The molecule has 9 nitrogen and oxygen atoms in total. The molecular weight excluding hydrogens is 461 g/mol. The highest BCUT2D eigenvalue weighted by Gasteiger charge is 2.30. The number of hydrogen-bond donors (Lipinski definition) is 3. The van der Waals surface area contributed by atoms with Gasteiger partial charge in [0.25, 0.3) is 0 Å². The summed E-state index contributed by atoms with van der Waals surface area (Å²) in [6.45, 7) is 6.50. The number of amides is 1. The molecule has 2 aliphatic heterocycles. The van der Waals surface area contributed by atoms with Crippen molar-refractivity contribution >= 4 is 40.0 Å². The smallest absolute Gasteiger partial charge is 0.227 e. The van der Waals surface area contributed by atoms with E-state index in [0.717, 1.165) is 29.5 Å². The zero-order chi connectivity index (χ0) is 25.4. The highest BCUT2D eigenvalue weighted by molar-refractivity contribution is 5.98. The lowest BCUT2D eigenvalue weighted by molar-refractivity contribution is -0.119. The van der Waals surface area contributed by atoms with Gasteiger partial charge in [-0.3, -0.25) is 4.79 Å². The van der Waals surface area contributed by atoms with Crippen molar-refractivity contribution in [2.45, 2.75) is 44.9 Å². The Morgan fingerprint density at radius 3 is 2.69 bits per heavy atom. The van der Waals surface area contributed by atoms with Gasteiger partial charge in [0.2, 0.25) is 11.9 Å². The number of nitrogens with one attached hydrogen (secondary N) is 1. The van der Waals surface area contributed by atoms with Gasteiger partial charge in [0.05, 0.1) is 12.6 Å². The van der Waals surface area contributed by atoms with Crippen LogP contribution in [0.4, 0.5) is 27.7 Å². The summed E-state index contributed by atoms with van der Waals surface area (Å²) in [5.74, 6) is 1.99. The number of rotatable bonds is 7. The first-order valence-corrected chi connectivity index (χ1v) is 12.4. The summed E-state index contributed by atoms with van der Waals surface area (Å²) < 4.78 is 14.0. The predicted molar refractivity (Wildman–Crippen MR) is 138 cm³/mol. The maximum absolute atomic E-state index is 14.0. The van der Waals surface area contributed by atoms with Crippen molar-refractivity contribution in [1.82, 2.24) is 15.0 Å². The topological polar surface area (TPSA) is 120 Å². The number of fused-ring (bicyclic) bond motifs is 1. The number of carbonyl (C=O) groups excluding carboxylic acids is 1. The van der Waals surface area contributed by atoms with Gasteiger partial charge in [-0.15, -0.1) is 0 Å². The number of aromatic nitrogens is 3. The molecule has 1 amide bonds. The molecule has 190 valence electrons. The van der Waals surface area contributed by atoms with E-state index in [4.69, 9.17) is 5.73 Å². The number of primary amides is 1. The van der Waals surface area contributed by atoms with E-state index in [1.807, 2.05) is 12.3 Å². The molecule has 2 fully saturated rings. The second kappa shape index (κ2) is 9.85. The second-order valence-electron chi connectivity index (χ2n) is 10.1. The molecule has 10 heteroatoms. The van der Waals surface area contributed by atoms with Gasteiger partial charge in [-0.1, -0.05) is 19.9 Å². The first-order valence-electron chi connectivity index (χ1n) is 12.4. The largest absolute Gasteiger partial charge is 0.390 e. The SMILES string of the molecule is CC(C)c1ccc(N2CC(CC(N)=O)C2)c2cnc(Nc3ccnc(N4CCC(O)C(F)C4)n3)cc12. The standard InChI is InChI=1S/C26H32FN7O2/c1-15(2)17-3-4-21(34-12-16(13-34)9-23(28)36)19-11-30-25(10-18(17)19)31-24-5-7-29-26(32-24)33-8-6-22(35)20(27)14-33/h3-5,7,10-11,15-16,20,22,35H,6,8-9,12-14H2,1-2H3,(H2,28,36)(H,29,30,31,32). The number of alkyl halides is 1. The predicted octanol–water partition coefficient (Wildman–Crippen LogP) is 3.11. The normalized spacial score (nSPS) is 20.6. The summed E-state index contributed by atoms with van der Waals surface area (Å²) >= 11 is 0. The number of nitrogens with zero attached hydrogens (tertiary/aromatic N) is 5. The summed E-state index contributed by atoms with van der Waals surface area (Å²) in [5, 5.41) is 15.1. The van der Waals surface area contributed by atoms with E-state index in [1.54, 1.807) is 17.2 Å². The van der Waals surface area contributed by atoms with E-state index >= 15 is 0 Å². The number of halogens is 1. The van der Waals surface area contributed by atoms with Crippen LogP contribution in [0.2, 0.25) is 0 Å². The van der Waals surface area contributed by atoms with Crippen molar-refractivity contribution in [3.05, 3.63) is 42.2 Å². The lowest BCUT2D eigenvalue weighted by Gasteiger charge is -2.41. The van der Waals surface area contributed by atoms with Crippen LogP contribution in [0, 0.1) is 5.92 Å². The van der Waals surface area contributed by atoms with Crippen LogP contribution >= 0.6 is 0 Å². The Balaban J connectivity index is 1.39. The number of hydrogen-bond acceptors (Lipinski definition) is 8. The van der Waals surface area contributed by atoms with Crippen molar-refractivity contribution in [2.24, 2.45) is 11.7 Å². The van der Waals surface area contributed by atoms with E-state index < -0.39 is 12.3 Å². The van der Waals surface area contributed by atoms with Gasteiger partial charge in [0.15, 0.2) is 0 Å². The number of anilines is 4. The van der Waals surface area contributed by atoms with Crippen LogP contribution in [0.25, 0.3) is 10.8 Å². The molecule has 4 N–H and O–H groups in total. The van der Waals surface area contributed by atoms with E-state index in [9.17, 15) is 14.3 Å². The number of aliphatic hydroxyl groups excluding tert-OH is 1. The average Bonchev–Trinajstić information content (AvgIpc) is 2.82. The Morgan fingerprint density at radius 1 is 1.17 bits per heavy atom. The zero-order valence-electron chi connectivity index (χ0n) is 20.6. The summed E-state index contributed by atoms with van der Waals surface area (Å²) in [6, 6.07) is 8.08. The van der Waals surface area contributed by atoms with Gasteiger partial charge < -0.3 is 26.0 Å². The first kappa shape index (κ1) is 24.2. The molecule has 0 saturated carbocycles. The maximum Gasteiger partial charge on any atom is 0.227 e. The average molecular weight is 494 g/mol. The third kappa shape index (κ3) is 4.90. The van der Waals surface area contributed by atoms with Crippen molar-refractivity contribution < 1.29 is 14.3 Å². The number of aliphatic hydroxyl groups is 1. The molecule has 5 rings (SSSR count). The Morgan fingerprint density at radius 2 is 1.97 bits per heavy atom. The molecule has 2 atom stereocenters. The van der Waals surface area contributed by atoms with Crippen LogP contribution < -0.4 is 20.9 Å². The maximum atomic E-state index is 14.0. The van der Waals surface area contributed by atoms with E-state index in [2.05, 4.69) is 51.1 Å². The highest BCUT2D eigenvalue weighted by Crippen LogP contribution is 2.37. The molecule has 2 aliphatic rings. The number of benzene rings is 1. The van der Waals surface area contributed by atoms with Crippen LogP contribution in [-0.4, -0.2) is 64.4 Å². The van der Waals surface area contributed by atoms with Crippen LogP contribution in [0.3, 0.4) is 0 Å². The van der Waals surface area contributed by atoms with E-state index in [0.29, 0.717) is 48.8 Å². The van der Waals surface area contributed by atoms with Gasteiger partial charge in [-0.25, -0.2) is 14.4 Å². The molecule has 36 heavy (non-hydrogen) atoms. The van der Waals surface area contributed by atoms with E-state index in [-0.39, 0.29) is 12.5 Å². The van der Waals surface area contributed by atoms with Crippen LogP contribution in [-0.2, 0) is 4.79 Å². The van der Waals surface area contributed by atoms with Gasteiger partial charge in [0, 0.05) is 55.4 Å². The van der Waals surface area contributed by atoms with E-state index in [1.165, 1.54) is 5.56 Å². The van der Waals surface area contributed by atoms with Crippen molar-refractivity contribution in [3.63, 3.8) is 0 Å². The second-order valence-corrected chi connectivity index (χ2v) is 10.1. The van der Waals surface area contributed by atoms with Gasteiger partial charge in [-0.2, -0.15) is 4.98 Å². The minimum atomic E-state index is -1.32. The molecule has 0 radical (unpaired) electrons. The fraction of sp³-hybridized carbons (Fsp3) is 0.462. The van der Waals surface area contributed by atoms with Gasteiger partial charge in [0.1, 0.15) is 17.8 Å². The van der Waals surface area contributed by atoms with Crippen molar-refractivity contribution in [3.8, 4) is 0 Å². The number of piperidine rings is 1. The Labute approximate surface area is 209 Å². The highest BCUT2D eigenvalue weighted by atomic mass is 19.1. The molecule has 2 unspecified atom stereocenters. The molecule has 2 saturated heterocycles. The Hall–Kier alpha value is -3.53. The summed E-state index contributed by atoms with van der Waals surface area (Å²) in [4.78, 5) is 28.8. The van der Waals surface area contributed by atoms with Crippen LogP contribution in [0.15, 0.2) is 36.7 Å². The molecule has 3 aromatic rings. The van der Waals surface area contributed by atoms with Crippen LogP contribution in [0.5, 0.6) is 0 Å². The van der Waals surface area contributed by atoms with Gasteiger partial charge >= 0.3 is 0 Å². The number of carbonyl (C=O) groups is 1. The molecule has 0 bridgehead atoms. The van der Waals surface area contributed by atoms with Crippen molar-refractivity contribution in [1.29, 1.82) is 0 Å². The first-order chi connectivity index (χ1) is 17.3. The lowest BCUT2D eigenvalue weighted by Crippen LogP contribution is -2.48. The fourth-order valence-corrected chi connectivity index (χ4v) is 5.05. The molecular formula is C26H32FN7O2. The third-order valence-electron chi connectivity index (χ3n) is 7.01. The minimum Gasteiger partial charge on any atom is -0.390 e. The Kier molecular flexibility index (Phi) is 6.61. The molecule has 0 aliphatic carbocycles. The molecule has 4 heterocycles.